The van der Waals surface area contributed by atoms with E-state index in [4.69, 9.17) is 11.6 Å². The van der Waals surface area contributed by atoms with Gasteiger partial charge in [0.2, 0.25) is 0 Å². The van der Waals surface area contributed by atoms with Gasteiger partial charge >= 0.3 is 5.97 Å². The van der Waals surface area contributed by atoms with Crippen molar-refractivity contribution < 1.29 is 19.1 Å². The second-order valence-corrected chi connectivity index (χ2v) is 5.62. The number of aryl methyl sites for hydroxylation is 1. The molecule has 1 atom stereocenters. The number of halogens is 2. The van der Waals surface area contributed by atoms with E-state index in [0.717, 1.165) is 11.0 Å². The van der Waals surface area contributed by atoms with E-state index in [1.54, 1.807) is 11.5 Å². The molecule has 1 aromatic carbocycles. The van der Waals surface area contributed by atoms with E-state index in [2.05, 4.69) is 10.2 Å². The molecular formula is C14H12ClFN4O3. The number of fused-ring (bicyclic) bond motifs is 1. The monoisotopic (exact) mass is 338 g/mol. The highest BCUT2D eigenvalue weighted by atomic mass is 35.5. The molecule has 1 amide bonds. The Hall–Kier alpha value is -2.48. The fourth-order valence-corrected chi connectivity index (χ4v) is 2.71. The third kappa shape index (κ3) is 2.65. The van der Waals surface area contributed by atoms with Gasteiger partial charge in [0.05, 0.1) is 18.7 Å². The lowest BCUT2D eigenvalue weighted by atomic mass is 10.1. The first kappa shape index (κ1) is 15.4. The SMILES string of the molecule is Cc1nnc2n1CC(C(=O)O)N(C(=O)c1ccc(Cl)cc1F)C2. The quantitative estimate of drug-likeness (QED) is 0.896. The van der Waals surface area contributed by atoms with Crippen molar-refractivity contribution in [2.45, 2.75) is 26.1 Å². The summed E-state index contributed by atoms with van der Waals surface area (Å²) in [5, 5.41) is 17.4. The van der Waals surface area contributed by atoms with Gasteiger partial charge in [0, 0.05) is 5.02 Å². The zero-order chi connectivity index (χ0) is 16.7. The number of amides is 1. The van der Waals surface area contributed by atoms with Gasteiger partial charge in [-0.15, -0.1) is 10.2 Å². The third-order valence-electron chi connectivity index (χ3n) is 3.76. The van der Waals surface area contributed by atoms with E-state index in [-0.39, 0.29) is 23.7 Å². The molecule has 0 saturated heterocycles. The van der Waals surface area contributed by atoms with Gasteiger partial charge < -0.3 is 14.6 Å². The molecule has 1 aliphatic heterocycles. The molecule has 0 bridgehead atoms. The van der Waals surface area contributed by atoms with Gasteiger partial charge in [-0.25, -0.2) is 9.18 Å². The van der Waals surface area contributed by atoms with Gasteiger partial charge in [-0.3, -0.25) is 4.79 Å². The van der Waals surface area contributed by atoms with Crippen LogP contribution in [-0.4, -0.2) is 42.7 Å². The normalized spacial score (nSPS) is 17.0. The van der Waals surface area contributed by atoms with Crippen LogP contribution in [0.15, 0.2) is 18.2 Å². The maximum Gasteiger partial charge on any atom is 0.328 e. The molecule has 0 radical (unpaired) electrons. The Labute approximate surface area is 135 Å². The minimum atomic E-state index is -1.17. The van der Waals surface area contributed by atoms with Gasteiger partial charge in [-0.1, -0.05) is 11.6 Å². The topological polar surface area (TPSA) is 88.3 Å². The summed E-state index contributed by atoms with van der Waals surface area (Å²) in [6, 6.07) is 2.51. The van der Waals surface area contributed by atoms with Crippen LogP contribution in [0.4, 0.5) is 4.39 Å². The number of carboxylic acid groups (broad SMARTS) is 1. The van der Waals surface area contributed by atoms with Gasteiger partial charge in [-0.2, -0.15) is 0 Å². The van der Waals surface area contributed by atoms with Crippen molar-refractivity contribution in [3.05, 3.63) is 46.3 Å². The first-order valence-electron chi connectivity index (χ1n) is 6.76. The van der Waals surface area contributed by atoms with Crippen LogP contribution >= 0.6 is 11.6 Å². The Bertz CT molecular complexity index is 807. The maximum absolute atomic E-state index is 14.0. The van der Waals surface area contributed by atoms with Crippen LogP contribution < -0.4 is 0 Å². The highest BCUT2D eigenvalue weighted by Crippen LogP contribution is 2.23. The molecule has 120 valence electrons. The summed E-state index contributed by atoms with van der Waals surface area (Å²) < 4.78 is 15.6. The lowest BCUT2D eigenvalue weighted by molar-refractivity contribution is -0.143. The first-order valence-corrected chi connectivity index (χ1v) is 7.13. The fourth-order valence-electron chi connectivity index (χ4n) is 2.56. The van der Waals surface area contributed by atoms with E-state index < -0.39 is 23.7 Å². The summed E-state index contributed by atoms with van der Waals surface area (Å²) in [5.74, 6) is -1.67. The summed E-state index contributed by atoms with van der Waals surface area (Å²) in [6.45, 7) is 1.66. The fraction of sp³-hybridized carbons (Fsp3) is 0.286. The van der Waals surface area contributed by atoms with E-state index in [1.807, 2.05) is 0 Å². The number of nitrogens with zero attached hydrogens (tertiary/aromatic N) is 4. The molecule has 2 heterocycles. The van der Waals surface area contributed by atoms with Crippen molar-refractivity contribution in [3.63, 3.8) is 0 Å². The number of benzene rings is 1. The van der Waals surface area contributed by atoms with Crippen molar-refractivity contribution in [2.24, 2.45) is 0 Å². The molecule has 23 heavy (non-hydrogen) atoms. The van der Waals surface area contributed by atoms with Gasteiger partial charge in [0.15, 0.2) is 5.82 Å². The van der Waals surface area contributed by atoms with Crippen LogP contribution in [-0.2, 0) is 17.9 Å². The number of carbonyl (C=O) groups excluding carboxylic acids is 1. The summed E-state index contributed by atoms with van der Waals surface area (Å²) in [5.41, 5.74) is -0.231. The number of carboxylic acids is 1. The van der Waals surface area contributed by atoms with Crippen LogP contribution in [0.5, 0.6) is 0 Å². The predicted molar refractivity (Wildman–Crippen MR) is 77.5 cm³/mol. The zero-order valence-electron chi connectivity index (χ0n) is 12.0. The second-order valence-electron chi connectivity index (χ2n) is 5.19. The van der Waals surface area contributed by atoms with Crippen LogP contribution in [0.1, 0.15) is 22.0 Å². The van der Waals surface area contributed by atoms with Crippen LogP contribution in [0.25, 0.3) is 0 Å². The summed E-state index contributed by atoms with van der Waals surface area (Å²) in [7, 11) is 0. The van der Waals surface area contributed by atoms with Crippen LogP contribution in [0.3, 0.4) is 0 Å². The molecule has 0 spiro atoms. The molecule has 0 fully saturated rings. The lowest BCUT2D eigenvalue weighted by Gasteiger charge is -2.33. The van der Waals surface area contributed by atoms with E-state index in [9.17, 15) is 19.1 Å². The molecule has 1 aromatic heterocycles. The van der Waals surface area contributed by atoms with Crippen molar-refractivity contribution in [1.82, 2.24) is 19.7 Å². The van der Waals surface area contributed by atoms with E-state index >= 15 is 0 Å². The van der Waals surface area contributed by atoms with Crippen molar-refractivity contribution in [1.29, 1.82) is 0 Å². The largest absolute Gasteiger partial charge is 0.480 e. The van der Waals surface area contributed by atoms with Crippen LogP contribution in [0.2, 0.25) is 5.02 Å². The van der Waals surface area contributed by atoms with Gasteiger partial charge in [0.25, 0.3) is 5.91 Å². The maximum atomic E-state index is 14.0. The summed E-state index contributed by atoms with van der Waals surface area (Å²) >= 11 is 5.68. The standard InChI is InChI=1S/C14H12ClFN4O3/c1-7-17-18-12-6-20(11(14(22)23)5-19(7)12)13(21)9-3-2-8(15)4-10(9)16/h2-4,11H,5-6H2,1H3,(H,22,23). The molecule has 0 saturated carbocycles. The molecule has 1 aliphatic rings. The third-order valence-corrected chi connectivity index (χ3v) is 4.00. The molecule has 1 N–H and O–H groups in total. The number of aromatic nitrogens is 3. The Morgan fingerprint density at radius 3 is 2.78 bits per heavy atom. The first-order chi connectivity index (χ1) is 10.9. The number of aliphatic carboxylic acids is 1. The van der Waals surface area contributed by atoms with Crippen molar-refractivity contribution in [3.8, 4) is 0 Å². The molecule has 0 aliphatic carbocycles. The average molecular weight is 339 g/mol. The summed E-state index contributed by atoms with van der Waals surface area (Å²) in [6.07, 6.45) is 0. The number of hydrogen-bond acceptors (Lipinski definition) is 4. The summed E-state index contributed by atoms with van der Waals surface area (Å²) in [4.78, 5) is 25.2. The zero-order valence-corrected chi connectivity index (χ0v) is 12.8. The van der Waals surface area contributed by atoms with E-state index in [1.165, 1.54) is 12.1 Å². The molecule has 9 heteroatoms. The smallest absolute Gasteiger partial charge is 0.328 e. The van der Waals surface area contributed by atoms with E-state index in [0.29, 0.717) is 11.6 Å². The average Bonchev–Trinajstić information content (AvgIpc) is 2.86. The molecule has 7 nitrogen and oxygen atoms in total. The highest BCUT2D eigenvalue weighted by molar-refractivity contribution is 6.30. The Kier molecular flexibility index (Phi) is 3.77. The Morgan fingerprint density at radius 2 is 2.13 bits per heavy atom. The second kappa shape index (κ2) is 5.62. The number of hydrogen-bond donors (Lipinski definition) is 1. The molecule has 3 rings (SSSR count). The van der Waals surface area contributed by atoms with Gasteiger partial charge in [0.1, 0.15) is 17.7 Å². The number of rotatable bonds is 2. The molecule has 2 aromatic rings. The Morgan fingerprint density at radius 1 is 1.39 bits per heavy atom. The molecular weight excluding hydrogens is 327 g/mol. The van der Waals surface area contributed by atoms with Crippen molar-refractivity contribution >= 4 is 23.5 Å². The Balaban J connectivity index is 1.99. The minimum absolute atomic E-state index is 0.0183. The highest BCUT2D eigenvalue weighted by Gasteiger charge is 2.37. The van der Waals surface area contributed by atoms with Crippen LogP contribution in [0, 0.1) is 12.7 Å². The molecule has 1 unspecified atom stereocenters. The minimum Gasteiger partial charge on any atom is -0.480 e. The number of carbonyl (C=O) groups is 2. The predicted octanol–water partition coefficient (Wildman–Crippen LogP) is 1.49. The lowest BCUT2D eigenvalue weighted by Crippen LogP contribution is -2.51. The van der Waals surface area contributed by atoms with Gasteiger partial charge in [-0.05, 0) is 25.1 Å². The van der Waals surface area contributed by atoms with Crippen molar-refractivity contribution in [2.75, 3.05) is 0 Å².